The minimum atomic E-state index is -0.435. The average Bonchev–Trinajstić information content (AvgIpc) is 3.24. The number of thiazole rings is 1. The van der Waals surface area contributed by atoms with E-state index < -0.39 is 5.41 Å². The van der Waals surface area contributed by atoms with E-state index >= 15 is 0 Å². The lowest BCUT2D eigenvalue weighted by Crippen LogP contribution is -2.52. The molecular formula is C25H31NO4S. The second-order valence-corrected chi connectivity index (χ2v) is 11.4. The lowest BCUT2D eigenvalue weighted by Gasteiger charge is -2.57. The molecule has 166 valence electrons. The molecule has 7 atom stereocenters. The Balaban J connectivity index is 1.43. The summed E-state index contributed by atoms with van der Waals surface area (Å²) >= 11 is 1.35. The Hall–Kier alpha value is -1.95. The zero-order chi connectivity index (χ0) is 22.1. The second-order valence-electron chi connectivity index (χ2n) is 10.6. The highest BCUT2D eigenvalue weighted by molar-refractivity contribution is 7.11. The SMILES string of the molecule is Cc1ncsc1C(=O)OC1C(C)CC2C3CCC4=CC(=O)C=C(O)[C@]4(C)C3CC[C@@]21C. The number of carbonyl (C=O) groups excluding carboxylic acids is 2. The number of nitrogens with zero attached hydrogens (tertiary/aromatic N) is 1. The highest BCUT2D eigenvalue weighted by Crippen LogP contribution is 2.66. The van der Waals surface area contributed by atoms with Crippen molar-refractivity contribution in [2.75, 3.05) is 0 Å². The number of allylic oxidation sites excluding steroid dienone is 3. The van der Waals surface area contributed by atoms with Crippen molar-refractivity contribution in [1.82, 2.24) is 4.98 Å². The summed E-state index contributed by atoms with van der Waals surface area (Å²) in [5, 5.41) is 10.9. The lowest BCUT2D eigenvalue weighted by atomic mass is 9.48. The normalized spacial score (nSPS) is 41.5. The maximum atomic E-state index is 12.9. The van der Waals surface area contributed by atoms with Crippen molar-refractivity contribution in [3.8, 4) is 0 Å². The van der Waals surface area contributed by atoms with Crippen LogP contribution in [0.15, 0.2) is 29.0 Å². The summed E-state index contributed by atoms with van der Waals surface area (Å²) in [5.41, 5.74) is 3.03. The van der Waals surface area contributed by atoms with Crippen molar-refractivity contribution < 1.29 is 19.4 Å². The molecule has 0 radical (unpaired) electrons. The fourth-order valence-electron chi connectivity index (χ4n) is 7.54. The van der Waals surface area contributed by atoms with Crippen LogP contribution in [0.4, 0.5) is 0 Å². The predicted molar refractivity (Wildman–Crippen MR) is 119 cm³/mol. The number of hydrogen-bond donors (Lipinski definition) is 1. The molecule has 1 aromatic rings. The van der Waals surface area contributed by atoms with E-state index in [4.69, 9.17) is 4.74 Å². The summed E-state index contributed by atoms with van der Waals surface area (Å²) in [4.78, 5) is 29.7. The molecule has 0 aromatic carbocycles. The van der Waals surface area contributed by atoms with Crippen LogP contribution in [-0.4, -0.2) is 27.9 Å². The zero-order valence-electron chi connectivity index (χ0n) is 18.7. The van der Waals surface area contributed by atoms with Crippen molar-refractivity contribution in [3.63, 3.8) is 0 Å². The van der Waals surface area contributed by atoms with E-state index in [0.29, 0.717) is 28.5 Å². The van der Waals surface area contributed by atoms with E-state index in [1.54, 1.807) is 11.6 Å². The number of ketones is 1. The smallest absolute Gasteiger partial charge is 0.350 e. The third-order valence-electron chi connectivity index (χ3n) is 9.12. The second kappa shape index (κ2) is 7.03. The predicted octanol–water partition coefficient (Wildman–Crippen LogP) is 5.42. The van der Waals surface area contributed by atoms with Gasteiger partial charge in [0.1, 0.15) is 16.7 Å². The number of esters is 1. The fourth-order valence-corrected chi connectivity index (χ4v) is 8.22. The lowest BCUT2D eigenvalue weighted by molar-refractivity contribution is -0.111. The Morgan fingerprint density at radius 2 is 2.03 bits per heavy atom. The summed E-state index contributed by atoms with van der Waals surface area (Å²) in [7, 11) is 0. The van der Waals surface area contributed by atoms with Gasteiger partial charge in [-0.25, -0.2) is 9.78 Å². The molecule has 1 aromatic heterocycles. The molecule has 4 aliphatic carbocycles. The number of aryl methyl sites for hydroxylation is 1. The van der Waals surface area contributed by atoms with Crippen molar-refractivity contribution in [2.45, 2.75) is 65.9 Å². The molecule has 0 amide bonds. The number of fused-ring (bicyclic) bond motifs is 5. The van der Waals surface area contributed by atoms with Gasteiger partial charge in [-0.05, 0) is 75.7 Å². The van der Waals surface area contributed by atoms with Gasteiger partial charge >= 0.3 is 5.97 Å². The molecule has 1 heterocycles. The molecule has 6 heteroatoms. The maximum absolute atomic E-state index is 12.9. The molecule has 0 bridgehead atoms. The number of rotatable bonds is 2. The van der Waals surface area contributed by atoms with Gasteiger partial charge in [0.05, 0.1) is 11.2 Å². The monoisotopic (exact) mass is 441 g/mol. The molecule has 4 aliphatic rings. The summed E-state index contributed by atoms with van der Waals surface area (Å²) in [6, 6.07) is 0. The first-order valence-electron chi connectivity index (χ1n) is 11.4. The number of aliphatic hydroxyl groups excluding tert-OH is 1. The summed E-state index contributed by atoms with van der Waals surface area (Å²) in [5.74, 6) is 1.43. The Kier molecular flexibility index (Phi) is 4.74. The van der Waals surface area contributed by atoms with Gasteiger partial charge in [0.25, 0.3) is 0 Å². The van der Waals surface area contributed by atoms with Crippen LogP contribution >= 0.6 is 11.3 Å². The molecule has 3 fully saturated rings. The minimum Gasteiger partial charge on any atom is -0.511 e. The Bertz CT molecular complexity index is 1010. The van der Waals surface area contributed by atoms with Crippen LogP contribution < -0.4 is 0 Å². The van der Waals surface area contributed by atoms with Gasteiger partial charge in [-0.15, -0.1) is 11.3 Å². The first-order valence-corrected chi connectivity index (χ1v) is 12.3. The van der Waals surface area contributed by atoms with Gasteiger partial charge in [0.15, 0.2) is 5.78 Å². The van der Waals surface area contributed by atoms with Gasteiger partial charge in [-0.1, -0.05) is 19.4 Å². The molecular weight excluding hydrogens is 410 g/mol. The summed E-state index contributed by atoms with van der Waals surface area (Å²) in [6.07, 6.45) is 7.93. The topological polar surface area (TPSA) is 76.5 Å². The quantitative estimate of drug-likeness (QED) is 0.621. The largest absolute Gasteiger partial charge is 0.511 e. The molecule has 1 N–H and O–H groups in total. The molecule has 5 nitrogen and oxygen atoms in total. The third kappa shape index (κ3) is 2.90. The van der Waals surface area contributed by atoms with Crippen LogP contribution in [-0.2, 0) is 9.53 Å². The van der Waals surface area contributed by atoms with Gasteiger partial charge in [-0.2, -0.15) is 0 Å². The zero-order valence-corrected chi connectivity index (χ0v) is 19.5. The minimum absolute atomic E-state index is 0.0593. The van der Waals surface area contributed by atoms with Gasteiger partial charge in [-0.3, -0.25) is 4.79 Å². The molecule has 0 aliphatic heterocycles. The summed E-state index contributed by atoms with van der Waals surface area (Å²) in [6.45, 7) is 8.49. The average molecular weight is 442 g/mol. The maximum Gasteiger partial charge on any atom is 0.350 e. The fraction of sp³-hybridized carbons (Fsp3) is 0.640. The van der Waals surface area contributed by atoms with Crippen molar-refractivity contribution in [3.05, 3.63) is 39.6 Å². The van der Waals surface area contributed by atoms with E-state index in [0.717, 1.165) is 43.4 Å². The Labute approximate surface area is 187 Å². The van der Waals surface area contributed by atoms with Crippen LogP contribution in [0.25, 0.3) is 0 Å². The molecule has 0 saturated heterocycles. The van der Waals surface area contributed by atoms with E-state index in [-0.39, 0.29) is 29.0 Å². The van der Waals surface area contributed by atoms with Gasteiger partial charge in [0, 0.05) is 16.9 Å². The van der Waals surface area contributed by atoms with E-state index in [9.17, 15) is 14.7 Å². The highest BCUT2D eigenvalue weighted by Gasteiger charge is 2.62. The van der Waals surface area contributed by atoms with Gasteiger partial charge < -0.3 is 9.84 Å². The molecule has 0 spiro atoms. The third-order valence-corrected chi connectivity index (χ3v) is 10.0. The number of hydrogen-bond acceptors (Lipinski definition) is 6. The van der Waals surface area contributed by atoms with E-state index in [1.165, 1.54) is 17.4 Å². The van der Waals surface area contributed by atoms with E-state index in [1.807, 2.05) is 6.92 Å². The molecule has 5 unspecified atom stereocenters. The number of ether oxygens (including phenoxy) is 1. The first-order chi connectivity index (χ1) is 14.7. The van der Waals surface area contributed by atoms with Gasteiger partial charge in [0.2, 0.25) is 0 Å². The van der Waals surface area contributed by atoms with Crippen LogP contribution in [0.3, 0.4) is 0 Å². The highest BCUT2D eigenvalue weighted by atomic mass is 32.1. The number of carbonyl (C=O) groups is 2. The van der Waals surface area contributed by atoms with Crippen LogP contribution in [0.1, 0.15) is 68.2 Å². The number of aromatic nitrogens is 1. The standard InChI is InChI=1S/C25H31NO4S/c1-13-9-19-17-6-5-15-10-16(27)11-20(28)25(15,4)18(17)7-8-24(19,3)22(13)30-23(29)21-14(2)26-12-31-21/h10-13,17-19,22,28H,5-9H2,1-4H3/t13?,17?,18?,19?,22?,24-,25-/m0/s1. The molecule has 31 heavy (non-hydrogen) atoms. The van der Waals surface area contributed by atoms with E-state index in [2.05, 4.69) is 25.8 Å². The Morgan fingerprint density at radius 1 is 1.26 bits per heavy atom. The molecule has 3 saturated carbocycles. The van der Waals surface area contributed by atoms with Crippen LogP contribution in [0.5, 0.6) is 0 Å². The summed E-state index contributed by atoms with van der Waals surface area (Å²) < 4.78 is 6.18. The van der Waals surface area contributed by atoms with Crippen LogP contribution in [0, 0.1) is 41.4 Å². The number of aliphatic hydroxyl groups is 1. The Morgan fingerprint density at radius 3 is 2.74 bits per heavy atom. The van der Waals surface area contributed by atoms with Crippen molar-refractivity contribution >= 4 is 23.1 Å². The van der Waals surface area contributed by atoms with Crippen LogP contribution in [0.2, 0.25) is 0 Å². The molecule has 5 rings (SSSR count). The first kappa shape index (κ1) is 20.9. The van der Waals surface area contributed by atoms with Crippen molar-refractivity contribution in [1.29, 1.82) is 0 Å². The van der Waals surface area contributed by atoms with Crippen molar-refractivity contribution in [2.24, 2.45) is 34.5 Å².